The van der Waals surface area contributed by atoms with E-state index in [-0.39, 0.29) is 5.41 Å². The van der Waals surface area contributed by atoms with Crippen molar-refractivity contribution in [2.24, 2.45) is 11.8 Å². The first-order chi connectivity index (χ1) is 36.8. The molecule has 12 aromatic rings. The van der Waals surface area contributed by atoms with Gasteiger partial charge in [-0.15, -0.1) is 0 Å². The van der Waals surface area contributed by atoms with E-state index >= 15 is 0 Å². The molecule has 0 radical (unpaired) electrons. The smallest absolute Gasteiger partial charge is 0.238 e. The summed E-state index contributed by atoms with van der Waals surface area (Å²) in [4.78, 5) is 16.0. The van der Waals surface area contributed by atoms with Gasteiger partial charge in [0.25, 0.3) is 0 Å². The number of benzene rings is 9. The first kappa shape index (κ1) is 44.7. The Kier molecular flexibility index (Phi) is 10.5. The van der Waals surface area contributed by atoms with Crippen LogP contribution >= 0.6 is 0 Å². The Morgan fingerprint density at radius 3 is 1.96 bits per heavy atom. The zero-order valence-corrected chi connectivity index (χ0v) is 42.6. The van der Waals surface area contributed by atoms with E-state index in [1.165, 1.54) is 62.9 Å². The van der Waals surface area contributed by atoms with Gasteiger partial charge in [-0.3, -0.25) is 4.57 Å². The summed E-state index contributed by atoms with van der Waals surface area (Å²) in [5, 5.41) is 4.40. The van der Waals surface area contributed by atoms with E-state index < -0.39 is 0 Å². The first-order valence-electron chi connectivity index (χ1n) is 26.5. The second-order valence-corrected chi connectivity index (χ2v) is 21.0. The number of rotatable bonds is 7. The van der Waals surface area contributed by atoms with Crippen molar-refractivity contribution in [1.29, 1.82) is 0 Å². The van der Waals surface area contributed by atoms with E-state index in [9.17, 15) is 0 Å². The zero-order valence-electron chi connectivity index (χ0n) is 42.6. The fraction of sp³-hybridized carbons (Fsp3) is 0.129. The van der Waals surface area contributed by atoms with Gasteiger partial charge < -0.3 is 4.42 Å². The predicted octanol–water partition coefficient (Wildman–Crippen LogP) is 18.4. The molecule has 5 nitrogen and oxygen atoms in total. The van der Waals surface area contributed by atoms with Crippen LogP contribution in [0.25, 0.3) is 117 Å². The van der Waals surface area contributed by atoms with Crippen LogP contribution in [0.2, 0.25) is 0 Å². The van der Waals surface area contributed by atoms with Gasteiger partial charge in [-0.2, -0.15) is 9.97 Å². The highest BCUT2D eigenvalue weighted by molar-refractivity contribution is 6.15. The highest BCUT2D eigenvalue weighted by Crippen LogP contribution is 2.55. The maximum atomic E-state index is 6.40. The van der Waals surface area contributed by atoms with Crippen LogP contribution in [-0.2, 0) is 5.41 Å². The lowest BCUT2D eigenvalue weighted by Crippen LogP contribution is -2.15. The minimum atomic E-state index is -0.0531. The third-order valence-corrected chi connectivity index (χ3v) is 15.8. The third kappa shape index (κ3) is 7.48. The molecule has 1 saturated carbocycles. The molecular formula is C70H54N4O. The Morgan fingerprint density at radius 2 is 1.12 bits per heavy atom. The number of furan rings is 1. The molecule has 0 N–H and O–H groups in total. The SMILES string of the molecule is CC1(C)c2ccccc2-c2ccc(C3=CC4CC4C(c4cccc(-c5cccc6c7cc(-c8ccccc8)ccc7n(-c7nc(-c8ccccc8)nc(-c8ccc9c(c8)oc8ccccc89)n7)c56)c4)=C3)cc21.CCC. The maximum absolute atomic E-state index is 6.40. The van der Waals surface area contributed by atoms with E-state index in [4.69, 9.17) is 19.4 Å². The molecule has 1 fully saturated rings. The summed E-state index contributed by atoms with van der Waals surface area (Å²) >= 11 is 0. The monoisotopic (exact) mass is 966 g/mol. The Bertz CT molecular complexity index is 4310. The number of hydrogen-bond acceptors (Lipinski definition) is 4. The molecular weight excluding hydrogens is 913 g/mol. The van der Waals surface area contributed by atoms with Gasteiger partial charge in [0.2, 0.25) is 5.95 Å². The minimum absolute atomic E-state index is 0.0531. The molecule has 2 atom stereocenters. The van der Waals surface area contributed by atoms with Crippen molar-refractivity contribution < 1.29 is 4.42 Å². The number of hydrogen-bond donors (Lipinski definition) is 0. The number of nitrogens with zero attached hydrogens (tertiary/aromatic N) is 4. The summed E-state index contributed by atoms with van der Waals surface area (Å²) in [6.07, 6.45) is 7.43. The predicted molar refractivity (Wildman–Crippen MR) is 311 cm³/mol. The molecule has 3 aliphatic carbocycles. The van der Waals surface area contributed by atoms with Crippen molar-refractivity contribution in [3.8, 4) is 62.1 Å². The maximum Gasteiger partial charge on any atom is 0.238 e. The molecule has 5 heteroatoms. The second kappa shape index (κ2) is 17.6. The fourth-order valence-electron chi connectivity index (χ4n) is 12.0. The van der Waals surface area contributed by atoms with Crippen LogP contribution in [0.4, 0.5) is 0 Å². The summed E-state index contributed by atoms with van der Waals surface area (Å²) < 4.78 is 8.67. The number of allylic oxidation sites excluding steroid dienone is 4. The lowest BCUT2D eigenvalue weighted by molar-refractivity contribution is 0.660. The van der Waals surface area contributed by atoms with E-state index in [0.29, 0.717) is 29.4 Å². The van der Waals surface area contributed by atoms with Crippen LogP contribution in [0, 0.1) is 11.8 Å². The number of para-hydroxylation sites is 2. The molecule has 15 rings (SSSR count). The molecule has 2 unspecified atom stereocenters. The van der Waals surface area contributed by atoms with Gasteiger partial charge in [-0.05, 0) is 122 Å². The summed E-state index contributed by atoms with van der Waals surface area (Å²) in [7, 11) is 0. The zero-order chi connectivity index (χ0) is 50.4. The van der Waals surface area contributed by atoms with Crippen molar-refractivity contribution in [2.45, 2.75) is 46.0 Å². The first-order valence-corrected chi connectivity index (χ1v) is 26.5. The minimum Gasteiger partial charge on any atom is -0.456 e. The average molecular weight is 967 g/mol. The van der Waals surface area contributed by atoms with E-state index in [1.54, 1.807) is 0 Å². The molecule has 3 aromatic heterocycles. The average Bonchev–Trinajstić information content (AvgIpc) is 3.99. The number of fused-ring (bicyclic) bond motifs is 10. The van der Waals surface area contributed by atoms with Crippen LogP contribution in [0.1, 0.15) is 62.8 Å². The molecule has 360 valence electrons. The molecule has 3 aliphatic rings. The standard InChI is InChI=1S/C67H46N4O.C3H8/c1-67(2)58-25-11-9-21-50(58)51-30-27-43(38-59(51)67)47-34-48-37-56(48)55(36-47)45-20-13-19-44(33-45)49-23-14-24-54-57-35-42(40-15-5-3-6-16-40)29-32-60(57)71(63(49)54)66-69-64(41-17-7-4-8-18-41)68-65(70-66)46-28-31-53-52-22-10-12-26-61(52)72-62(53)39-46;1-3-2/h3-36,38-39,48,56H,37H2,1-2H3;3H2,1-2H3. The summed E-state index contributed by atoms with van der Waals surface area (Å²) in [5.41, 5.74) is 20.8. The lowest BCUT2D eigenvalue weighted by atomic mass is 9.81. The van der Waals surface area contributed by atoms with Crippen molar-refractivity contribution >= 4 is 54.9 Å². The molecule has 0 spiro atoms. The van der Waals surface area contributed by atoms with E-state index in [2.05, 4.69) is 214 Å². The highest BCUT2D eigenvalue weighted by Gasteiger charge is 2.42. The Balaban J connectivity index is 0.00000168. The van der Waals surface area contributed by atoms with Gasteiger partial charge in [-0.25, -0.2) is 4.98 Å². The summed E-state index contributed by atoms with van der Waals surface area (Å²) in [6.45, 7) is 8.99. The molecule has 0 saturated heterocycles. The second-order valence-electron chi connectivity index (χ2n) is 21.0. The van der Waals surface area contributed by atoms with Crippen molar-refractivity contribution in [3.05, 3.63) is 241 Å². The van der Waals surface area contributed by atoms with Crippen molar-refractivity contribution in [2.75, 3.05) is 0 Å². The van der Waals surface area contributed by atoms with Gasteiger partial charge in [0, 0.05) is 43.7 Å². The van der Waals surface area contributed by atoms with Gasteiger partial charge in [0.1, 0.15) is 11.2 Å². The van der Waals surface area contributed by atoms with Crippen LogP contribution < -0.4 is 0 Å². The molecule has 75 heavy (non-hydrogen) atoms. The van der Waals surface area contributed by atoms with Crippen LogP contribution in [0.15, 0.2) is 223 Å². The van der Waals surface area contributed by atoms with Gasteiger partial charge >= 0.3 is 0 Å². The molecule has 0 aliphatic heterocycles. The van der Waals surface area contributed by atoms with Gasteiger partial charge in [0.05, 0.1) is 11.0 Å². The Morgan fingerprint density at radius 1 is 0.480 bits per heavy atom. The van der Waals surface area contributed by atoms with Crippen LogP contribution in [0.5, 0.6) is 0 Å². The summed E-state index contributed by atoms with van der Waals surface area (Å²) in [5.74, 6) is 2.76. The Labute approximate surface area is 437 Å². The molecule has 9 aromatic carbocycles. The normalized spacial score (nSPS) is 16.0. The topological polar surface area (TPSA) is 56.7 Å². The van der Waals surface area contributed by atoms with Gasteiger partial charge in [0.15, 0.2) is 11.6 Å². The van der Waals surface area contributed by atoms with Gasteiger partial charge in [-0.1, -0.05) is 210 Å². The fourth-order valence-corrected chi connectivity index (χ4v) is 12.0. The molecule has 3 heterocycles. The largest absolute Gasteiger partial charge is 0.456 e. The van der Waals surface area contributed by atoms with Crippen LogP contribution in [-0.4, -0.2) is 19.5 Å². The summed E-state index contributed by atoms with van der Waals surface area (Å²) in [6, 6.07) is 74.1. The Hall–Kier alpha value is -8.93. The lowest BCUT2D eigenvalue weighted by Gasteiger charge is -2.22. The highest BCUT2D eigenvalue weighted by atomic mass is 16.3. The van der Waals surface area contributed by atoms with Crippen molar-refractivity contribution in [1.82, 2.24) is 19.5 Å². The molecule has 0 amide bonds. The molecule has 0 bridgehead atoms. The van der Waals surface area contributed by atoms with Crippen molar-refractivity contribution in [3.63, 3.8) is 0 Å². The van der Waals surface area contributed by atoms with Crippen LogP contribution in [0.3, 0.4) is 0 Å². The number of aromatic nitrogens is 4. The van der Waals surface area contributed by atoms with E-state index in [1.807, 2.05) is 36.4 Å². The quantitative estimate of drug-likeness (QED) is 0.160. The third-order valence-electron chi connectivity index (χ3n) is 15.8. The van der Waals surface area contributed by atoms with E-state index in [0.717, 1.165) is 71.6 Å².